The smallest absolute Gasteiger partial charge is 0.255 e. The van der Waals surface area contributed by atoms with Gasteiger partial charge in [0.05, 0.1) is 22.8 Å². The molecule has 0 aliphatic carbocycles. The first-order chi connectivity index (χ1) is 10.0. The molecule has 0 aromatic carbocycles. The first kappa shape index (κ1) is 15.8. The average molecular weight is 310 g/mol. The Labute approximate surface area is 128 Å². The van der Waals surface area contributed by atoms with Crippen molar-refractivity contribution in [2.24, 2.45) is 5.73 Å². The van der Waals surface area contributed by atoms with Crippen LogP contribution in [-0.4, -0.2) is 57.9 Å². The second-order valence-corrected chi connectivity index (χ2v) is 5.52. The van der Waals surface area contributed by atoms with E-state index in [2.05, 4.69) is 9.88 Å². The summed E-state index contributed by atoms with van der Waals surface area (Å²) in [6.07, 6.45) is 3.33. The van der Waals surface area contributed by atoms with E-state index < -0.39 is 5.82 Å². The molecule has 1 aromatic heterocycles. The monoisotopic (exact) mass is 310 g/mol. The van der Waals surface area contributed by atoms with Crippen LogP contribution in [-0.2, 0) is 0 Å². The number of thiocarbonyl (C=S) groups is 1. The minimum absolute atomic E-state index is 0.0769. The van der Waals surface area contributed by atoms with E-state index in [1.165, 1.54) is 12.3 Å². The second kappa shape index (κ2) is 6.91. The maximum atomic E-state index is 13.1. The van der Waals surface area contributed by atoms with Gasteiger partial charge in [0.2, 0.25) is 0 Å². The number of hydrogen-bond donors (Lipinski definition) is 1. The minimum Gasteiger partial charge on any atom is -0.392 e. The second-order valence-electron chi connectivity index (χ2n) is 5.05. The molecule has 0 bridgehead atoms. The standard InChI is InChI=1S/C14H19FN4OS/c1-2-12(13(16)21)18-3-5-19(6-4-18)14(20)10-7-11(15)9-17-8-10/h7-9,12H,2-6H2,1H3,(H2,16,21). The van der Waals surface area contributed by atoms with Gasteiger partial charge in [-0.3, -0.25) is 14.7 Å². The summed E-state index contributed by atoms with van der Waals surface area (Å²) >= 11 is 5.07. The molecule has 1 aliphatic heterocycles. The Balaban J connectivity index is 1.97. The largest absolute Gasteiger partial charge is 0.392 e. The van der Waals surface area contributed by atoms with Crippen LogP contribution in [0.25, 0.3) is 0 Å². The summed E-state index contributed by atoms with van der Waals surface area (Å²) in [5.74, 6) is -0.691. The predicted molar refractivity (Wildman–Crippen MR) is 82.5 cm³/mol. The lowest BCUT2D eigenvalue weighted by atomic mass is 10.1. The maximum absolute atomic E-state index is 13.1. The third-order valence-corrected chi connectivity index (χ3v) is 3.98. The molecule has 1 aromatic rings. The summed E-state index contributed by atoms with van der Waals surface area (Å²) in [6.45, 7) is 4.62. The molecule has 1 aliphatic rings. The Morgan fingerprint density at radius 3 is 2.62 bits per heavy atom. The highest BCUT2D eigenvalue weighted by atomic mass is 32.1. The lowest BCUT2D eigenvalue weighted by Crippen LogP contribution is -2.54. The fourth-order valence-corrected chi connectivity index (χ4v) is 2.90. The molecule has 21 heavy (non-hydrogen) atoms. The summed E-state index contributed by atoms with van der Waals surface area (Å²) < 4.78 is 13.1. The molecule has 7 heteroatoms. The van der Waals surface area contributed by atoms with E-state index in [-0.39, 0.29) is 17.5 Å². The van der Waals surface area contributed by atoms with Crippen LogP contribution >= 0.6 is 12.2 Å². The summed E-state index contributed by atoms with van der Waals surface area (Å²) in [7, 11) is 0. The third kappa shape index (κ3) is 3.74. The van der Waals surface area contributed by atoms with Crippen molar-refractivity contribution < 1.29 is 9.18 Å². The number of carbonyl (C=O) groups excluding carboxylic acids is 1. The van der Waals surface area contributed by atoms with Crippen LogP contribution < -0.4 is 5.73 Å². The van der Waals surface area contributed by atoms with Crippen LogP contribution in [0.3, 0.4) is 0 Å². The summed E-state index contributed by atoms with van der Waals surface area (Å²) in [5, 5.41) is 0. The summed E-state index contributed by atoms with van der Waals surface area (Å²) in [5.41, 5.74) is 6.02. The van der Waals surface area contributed by atoms with Gasteiger partial charge in [0.1, 0.15) is 5.82 Å². The molecular formula is C14H19FN4OS. The summed E-state index contributed by atoms with van der Waals surface area (Å²) in [6, 6.07) is 1.29. The first-order valence-corrected chi connectivity index (χ1v) is 7.37. The number of carbonyl (C=O) groups is 1. The molecular weight excluding hydrogens is 291 g/mol. The molecule has 1 unspecified atom stereocenters. The van der Waals surface area contributed by atoms with Gasteiger partial charge in [-0.1, -0.05) is 19.1 Å². The van der Waals surface area contributed by atoms with Gasteiger partial charge in [0.25, 0.3) is 5.91 Å². The Hall–Kier alpha value is -1.60. The fraction of sp³-hybridized carbons (Fsp3) is 0.500. The molecule has 1 fully saturated rings. The van der Waals surface area contributed by atoms with Crippen LogP contribution in [0, 0.1) is 5.82 Å². The van der Waals surface area contributed by atoms with Crippen molar-refractivity contribution in [1.29, 1.82) is 0 Å². The average Bonchev–Trinajstić information content (AvgIpc) is 2.47. The van der Waals surface area contributed by atoms with Crippen molar-refractivity contribution >= 4 is 23.1 Å². The van der Waals surface area contributed by atoms with Crippen LogP contribution in [0.15, 0.2) is 18.5 Å². The van der Waals surface area contributed by atoms with Crippen LogP contribution in [0.4, 0.5) is 4.39 Å². The van der Waals surface area contributed by atoms with Gasteiger partial charge in [0.15, 0.2) is 0 Å². The lowest BCUT2D eigenvalue weighted by molar-refractivity contribution is 0.0611. The van der Waals surface area contributed by atoms with E-state index in [1.54, 1.807) is 4.90 Å². The fourth-order valence-electron chi connectivity index (χ4n) is 2.59. The predicted octanol–water partition coefficient (Wildman–Crippen LogP) is 1.04. The van der Waals surface area contributed by atoms with E-state index in [0.717, 1.165) is 12.6 Å². The van der Waals surface area contributed by atoms with Gasteiger partial charge >= 0.3 is 0 Å². The highest BCUT2D eigenvalue weighted by molar-refractivity contribution is 7.80. The van der Waals surface area contributed by atoms with Crippen molar-refractivity contribution in [3.63, 3.8) is 0 Å². The molecule has 2 N–H and O–H groups in total. The SMILES string of the molecule is CCC(C(N)=S)N1CCN(C(=O)c2cncc(F)c2)CC1. The number of nitrogens with zero attached hydrogens (tertiary/aromatic N) is 3. The topological polar surface area (TPSA) is 62.5 Å². The number of amides is 1. The van der Waals surface area contributed by atoms with E-state index in [0.29, 0.717) is 31.2 Å². The quantitative estimate of drug-likeness (QED) is 0.842. The highest BCUT2D eigenvalue weighted by Gasteiger charge is 2.27. The molecule has 114 valence electrons. The molecule has 1 amide bonds. The van der Waals surface area contributed by atoms with Crippen molar-refractivity contribution in [2.45, 2.75) is 19.4 Å². The van der Waals surface area contributed by atoms with Gasteiger partial charge in [-0.25, -0.2) is 4.39 Å². The first-order valence-electron chi connectivity index (χ1n) is 6.96. The normalized spacial score (nSPS) is 17.5. The molecule has 0 saturated carbocycles. The zero-order chi connectivity index (χ0) is 15.4. The Kier molecular flexibility index (Phi) is 5.19. The lowest BCUT2D eigenvalue weighted by Gasteiger charge is -2.38. The van der Waals surface area contributed by atoms with E-state index in [4.69, 9.17) is 18.0 Å². The minimum atomic E-state index is -0.501. The number of nitrogens with two attached hydrogens (primary N) is 1. The van der Waals surface area contributed by atoms with Gasteiger partial charge in [-0.15, -0.1) is 0 Å². The van der Waals surface area contributed by atoms with E-state index in [9.17, 15) is 9.18 Å². The van der Waals surface area contributed by atoms with Gasteiger partial charge in [0, 0.05) is 32.4 Å². The van der Waals surface area contributed by atoms with E-state index >= 15 is 0 Å². The molecule has 1 atom stereocenters. The van der Waals surface area contributed by atoms with Gasteiger partial charge in [-0.05, 0) is 12.5 Å². The van der Waals surface area contributed by atoms with Gasteiger partial charge < -0.3 is 10.6 Å². The number of pyridine rings is 1. The van der Waals surface area contributed by atoms with Crippen molar-refractivity contribution in [3.8, 4) is 0 Å². The van der Waals surface area contributed by atoms with Crippen molar-refractivity contribution in [1.82, 2.24) is 14.8 Å². The molecule has 0 radical (unpaired) electrons. The molecule has 2 heterocycles. The van der Waals surface area contributed by atoms with Crippen molar-refractivity contribution in [2.75, 3.05) is 26.2 Å². The number of hydrogen-bond acceptors (Lipinski definition) is 4. The molecule has 2 rings (SSSR count). The molecule has 1 saturated heterocycles. The molecule has 5 nitrogen and oxygen atoms in total. The highest BCUT2D eigenvalue weighted by Crippen LogP contribution is 2.13. The zero-order valence-corrected chi connectivity index (χ0v) is 12.8. The number of rotatable bonds is 4. The van der Waals surface area contributed by atoms with Crippen LogP contribution in [0.2, 0.25) is 0 Å². The summed E-state index contributed by atoms with van der Waals surface area (Å²) in [4.78, 5) is 20.4. The van der Waals surface area contributed by atoms with Crippen LogP contribution in [0.5, 0.6) is 0 Å². The zero-order valence-electron chi connectivity index (χ0n) is 12.0. The Bertz CT molecular complexity index is 531. The van der Waals surface area contributed by atoms with E-state index in [1.807, 2.05) is 6.92 Å². The Morgan fingerprint density at radius 2 is 2.10 bits per heavy atom. The number of aromatic nitrogens is 1. The Morgan fingerprint density at radius 1 is 1.43 bits per heavy atom. The number of halogens is 1. The van der Waals surface area contributed by atoms with Crippen LogP contribution in [0.1, 0.15) is 23.7 Å². The van der Waals surface area contributed by atoms with Gasteiger partial charge in [-0.2, -0.15) is 0 Å². The number of piperazine rings is 1. The maximum Gasteiger partial charge on any atom is 0.255 e. The third-order valence-electron chi connectivity index (χ3n) is 3.71. The molecule has 0 spiro atoms. The van der Waals surface area contributed by atoms with Crippen molar-refractivity contribution in [3.05, 3.63) is 29.8 Å².